The molecule has 3 nitrogen and oxygen atoms in total. The highest BCUT2D eigenvalue weighted by atomic mass is 16.2. The molecule has 3 heteroatoms. The third-order valence-electron chi connectivity index (χ3n) is 3.85. The fourth-order valence-corrected chi connectivity index (χ4v) is 2.95. The van der Waals surface area contributed by atoms with Gasteiger partial charge in [-0.05, 0) is 18.8 Å². The number of likely N-dealkylation sites (N-methyl/N-ethyl adjacent to an activating group) is 1. The molecule has 1 heterocycles. The number of rotatable bonds is 0. The Labute approximate surface area is 79.3 Å². The van der Waals surface area contributed by atoms with E-state index in [9.17, 15) is 4.79 Å². The number of amides is 1. The number of carbonyl (C=O) groups is 1. The van der Waals surface area contributed by atoms with Gasteiger partial charge >= 0.3 is 0 Å². The summed E-state index contributed by atoms with van der Waals surface area (Å²) in [5.74, 6) is 0.837. The fraction of sp³-hybridized carbons (Fsp3) is 0.900. The van der Waals surface area contributed by atoms with E-state index >= 15 is 0 Å². The van der Waals surface area contributed by atoms with Gasteiger partial charge in [0.05, 0.1) is 5.54 Å². The molecule has 74 valence electrons. The first kappa shape index (κ1) is 9.00. The van der Waals surface area contributed by atoms with Crippen molar-refractivity contribution in [3.63, 3.8) is 0 Å². The van der Waals surface area contributed by atoms with Crippen LogP contribution in [0.2, 0.25) is 0 Å². The quantitative estimate of drug-likeness (QED) is 0.561. The van der Waals surface area contributed by atoms with Crippen molar-refractivity contribution in [2.24, 2.45) is 11.7 Å². The molecule has 3 atom stereocenters. The molecule has 1 saturated carbocycles. The largest absolute Gasteiger partial charge is 0.337 e. The van der Waals surface area contributed by atoms with E-state index in [0.29, 0.717) is 0 Å². The summed E-state index contributed by atoms with van der Waals surface area (Å²) in [6, 6.07) is -0.222. The average Bonchev–Trinajstić information content (AvgIpc) is 2.15. The number of β-lactam (4-membered cyclic amide) rings is 1. The van der Waals surface area contributed by atoms with Crippen molar-refractivity contribution in [2.75, 3.05) is 7.05 Å². The van der Waals surface area contributed by atoms with E-state index in [1.165, 1.54) is 12.8 Å². The molecule has 2 rings (SSSR count). The minimum atomic E-state index is -0.222. The van der Waals surface area contributed by atoms with Crippen molar-refractivity contribution in [2.45, 2.75) is 44.2 Å². The van der Waals surface area contributed by atoms with E-state index in [1.54, 1.807) is 0 Å². The van der Waals surface area contributed by atoms with Crippen molar-refractivity contribution in [1.82, 2.24) is 4.90 Å². The normalized spacial score (nSPS) is 45.2. The topological polar surface area (TPSA) is 46.3 Å². The molecule has 2 fully saturated rings. The molecule has 2 aliphatic rings. The summed E-state index contributed by atoms with van der Waals surface area (Å²) < 4.78 is 0. The van der Waals surface area contributed by atoms with Crippen LogP contribution >= 0.6 is 0 Å². The first-order valence-corrected chi connectivity index (χ1v) is 5.11. The third kappa shape index (κ3) is 1.03. The van der Waals surface area contributed by atoms with Gasteiger partial charge in [0.25, 0.3) is 0 Å². The predicted octanol–water partition coefficient (Wildman–Crippen LogP) is 0.735. The first-order chi connectivity index (χ1) is 6.08. The SMILES string of the molecule is C[C@@H]1CCC[C@@]2(C1)[C@@H](N)C(=O)N2C. The molecule has 1 spiro atoms. The lowest BCUT2D eigenvalue weighted by molar-refractivity contribution is -0.162. The molecule has 0 bridgehead atoms. The number of hydrogen-bond donors (Lipinski definition) is 1. The van der Waals surface area contributed by atoms with Crippen LogP contribution in [0.15, 0.2) is 0 Å². The van der Waals surface area contributed by atoms with Gasteiger partial charge in [-0.2, -0.15) is 0 Å². The second kappa shape index (κ2) is 2.71. The fourth-order valence-electron chi connectivity index (χ4n) is 2.95. The molecule has 0 aromatic heterocycles. The highest BCUT2D eigenvalue weighted by molar-refractivity contribution is 5.90. The summed E-state index contributed by atoms with van der Waals surface area (Å²) in [6.07, 6.45) is 4.69. The van der Waals surface area contributed by atoms with Crippen LogP contribution in [0, 0.1) is 5.92 Å². The van der Waals surface area contributed by atoms with Gasteiger partial charge in [0.15, 0.2) is 0 Å². The minimum absolute atomic E-state index is 0.0226. The molecule has 1 aliphatic heterocycles. The zero-order valence-corrected chi connectivity index (χ0v) is 8.42. The molecule has 0 aromatic carbocycles. The monoisotopic (exact) mass is 182 g/mol. The van der Waals surface area contributed by atoms with Gasteiger partial charge in [0.1, 0.15) is 6.04 Å². The van der Waals surface area contributed by atoms with Crippen LogP contribution in [0.4, 0.5) is 0 Å². The summed E-state index contributed by atoms with van der Waals surface area (Å²) in [5, 5.41) is 0. The van der Waals surface area contributed by atoms with E-state index in [0.717, 1.165) is 18.8 Å². The molecule has 13 heavy (non-hydrogen) atoms. The van der Waals surface area contributed by atoms with Gasteiger partial charge in [-0.3, -0.25) is 4.79 Å². The standard InChI is InChI=1S/C10H18N2O/c1-7-4-3-5-10(6-7)8(11)9(13)12(10)2/h7-8H,3-6,11H2,1-2H3/t7-,8+,10-/m1/s1. The lowest BCUT2D eigenvalue weighted by Gasteiger charge is -2.58. The Hall–Kier alpha value is -0.570. The van der Waals surface area contributed by atoms with E-state index < -0.39 is 0 Å². The Bertz CT molecular complexity index is 227. The highest BCUT2D eigenvalue weighted by Crippen LogP contribution is 2.43. The third-order valence-corrected chi connectivity index (χ3v) is 3.85. The summed E-state index contributed by atoms with van der Waals surface area (Å²) >= 11 is 0. The van der Waals surface area contributed by atoms with Crippen LogP contribution in [0.3, 0.4) is 0 Å². The highest BCUT2D eigenvalue weighted by Gasteiger charge is 2.57. The molecule has 1 saturated heterocycles. The van der Waals surface area contributed by atoms with Gasteiger partial charge in [-0.25, -0.2) is 0 Å². The lowest BCUT2D eigenvalue weighted by atomic mass is 9.66. The second-order valence-corrected chi connectivity index (χ2v) is 4.68. The van der Waals surface area contributed by atoms with Crippen LogP contribution < -0.4 is 5.73 Å². The number of hydrogen-bond acceptors (Lipinski definition) is 2. The molecule has 0 unspecified atom stereocenters. The molecule has 0 aromatic rings. The Morgan fingerprint density at radius 1 is 1.62 bits per heavy atom. The first-order valence-electron chi connectivity index (χ1n) is 5.11. The Balaban J connectivity index is 2.16. The van der Waals surface area contributed by atoms with Crippen molar-refractivity contribution in [3.8, 4) is 0 Å². The minimum Gasteiger partial charge on any atom is -0.337 e. The maximum Gasteiger partial charge on any atom is 0.242 e. The second-order valence-electron chi connectivity index (χ2n) is 4.68. The lowest BCUT2D eigenvalue weighted by Crippen LogP contribution is -2.77. The number of nitrogens with two attached hydrogens (primary N) is 1. The van der Waals surface area contributed by atoms with Gasteiger partial charge in [0, 0.05) is 7.05 Å². The summed E-state index contributed by atoms with van der Waals surface area (Å²) in [7, 11) is 1.89. The van der Waals surface area contributed by atoms with Gasteiger partial charge in [-0.1, -0.05) is 19.8 Å². The van der Waals surface area contributed by atoms with Crippen molar-refractivity contribution >= 4 is 5.91 Å². The molecule has 2 N–H and O–H groups in total. The maximum atomic E-state index is 11.3. The van der Waals surface area contributed by atoms with Crippen LogP contribution in [0.25, 0.3) is 0 Å². The van der Waals surface area contributed by atoms with E-state index in [4.69, 9.17) is 5.73 Å². The molecule has 1 aliphatic carbocycles. The van der Waals surface area contributed by atoms with Crippen LogP contribution in [0.1, 0.15) is 32.6 Å². The Morgan fingerprint density at radius 3 is 2.85 bits per heavy atom. The molecular formula is C10H18N2O. The van der Waals surface area contributed by atoms with Crippen molar-refractivity contribution < 1.29 is 4.79 Å². The number of carbonyl (C=O) groups excluding carboxylic acids is 1. The van der Waals surface area contributed by atoms with Gasteiger partial charge in [0.2, 0.25) is 5.91 Å². The molecule has 0 radical (unpaired) electrons. The van der Waals surface area contributed by atoms with Crippen LogP contribution in [-0.4, -0.2) is 29.4 Å². The number of nitrogens with zero attached hydrogens (tertiary/aromatic N) is 1. The van der Waals surface area contributed by atoms with E-state index in [2.05, 4.69) is 6.92 Å². The molecule has 1 amide bonds. The predicted molar refractivity (Wildman–Crippen MR) is 51.1 cm³/mol. The van der Waals surface area contributed by atoms with Gasteiger partial charge in [-0.15, -0.1) is 0 Å². The number of likely N-dealkylation sites (tertiary alicyclic amines) is 1. The van der Waals surface area contributed by atoms with Crippen LogP contribution in [0.5, 0.6) is 0 Å². The zero-order chi connectivity index (χ0) is 9.64. The van der Waals surface area contributed by atoms with E-state index in [-0.39, 0.29) is 17.5 Å². The smallest absolute Gasteiger partial charge is 0.242 e. The summed E-state index contributed by atoms with van der Waals surface area (Å²) in [6.45, 7) is 2.25. The Kier molecular flexibility index (Phi) is 1.88. The molecular weight excluding hydrogens is 164 g/mol. The van der Waals surface area contributed by atoms with Gasteiger partial charge < -0.3 is 10.6 Å². The van der Waals surface area contributed by atoms with E-state index in [1.807, 2.05) is 11.9 Å². The zero-order valence-electron chi connectivity index (χ0n) is 8.42. The Morgan fingerprint density at radius 2 is 2.31 bits per heavy atom. The summed E-state index contributed by atoms with van der Waals surface area (Å²) in [5.41, 5.74) is 5.92. The van der Waals surface area contributed by atoms with Crippen molar-refractivity contribution in [3.05, 3.63) is 0 Å². The van der Waals surface area contributed by atoms with Crippen molar-refractivity contribution in [1.29, 1.82) is 0 Å². The average molecular weight is 182 g/mol. The summed E-state index contributed by atoms with van der Waals surface area (Å²) in [4.78, 5) is 13.2. The maximum absolute atomic E-state index is 11.3. The van der Waals surface area contributed by atoms with Crippen LogP contribution in [-0.2, 0) is 4.79 Å².